The lowest BCUT2D eigenvalue weighted by Crippen LogP contribution is -2.30. The quantitative estimate of drug-likeness (QED) is 0.663. The van der Waals surface area contributed by atoms with Gasteiger partial charge in [-0.05, 0) is 29.7 Å². The maximum atomic E-state index is 5.84. The van der Waals surface area contributed by atoms with Crippen LogP contribution < -0.4 is 4.90 Å². The van der Waals surface area contributed by atoms with E-state index in [-0.39, 0.29) is 0 Å². The summed E-state index contributed by atoms with van der Waals surface area (Å²) in [5.74, 6) is 0. The fraction of sp³-hybridized carbons (Fsp3) is 0.188. The summed E-state index contributed by atoms with van der Waals surface area (Å²) in [6, 6.07) is 17.2. The zero-order valence-corrected chi connectivity index (χ0v) is 10.5. The Morgan fingerprint density at radius 3 is 2.63 bits per heavy atom. The number of nitrogens with zero attached hydrogens (tertiary/aromatic N) is 2. The molecule has 3 aromatic rings. The molecule has 3 heteroatoms. The van der Waals surface area contributed by atoms with Crippen LogP contribution in [0.2, 0.25) is 0 Å². The Balaban J connectivity index is 1.70. The van der Waals surface area contributed by atoms with Gasteiger partial charge in [-0.2, -0.15) is 4.98 Å². The van der Waals surface area contributed by atoms with E-state index in [9.17, 15) is 0 Å². The van der Waals surface area contributed by atoms with Gasteiger partial charge >= 0.3 is 0 Å². The van der Waals surface area contributed by atoms with E-state index in [4.69, 9.17) is 4.42 Å². The lowest BCUT2D eigenvalue weighted by molar-refractivity contribution is 0.554. The van der Waals surface area contributed by atoms with E-state index in [1.54, 1.807) is 0 Å². The van der Waals surface area contributed by atoms with Crippen LogP contribution in [0.25, 0.3) is 11.1 Å². The molecule has 0 spiro atoms. The van der Waals surface area contributed by atoms with Crippen molar-refractivity contribution in [1.82, 2.24) is 4.98 Å². The molecular formula is C16H14N2O. The SMILES string of the molecule is c1ccc2c(c1)CCN(c1nc3ccccc3o1)C2. The Hall–Kier alpha value is -2.29. The van der Waals surface area contributed by atoms with Gasteiger partial charge in [-0.15, -0.1) is 0 Å². The number of hydrogen-bond acceptors (Lipinski definition) is 3. The van der Waals surface area contributed by atoms with E-state index in [2.05, 4.69) is 34.1 Å². The fourth-order valence-electron chi connectivity index (χ4n) is 2.65. The Morgan fingerprint density at radius 2 is 1.74 bits per heavy atom. The van der Waals surface area contributed by atoms with Crippen molar-refractivity contribution in [2.24, 2.45) is 0 Å². The minimum absolute atomic E-state index is 0.732. The molecule has 0 bridgehead atoms. The monoisotopic (exact) mass is 250 g/mol. The molecule has 0 aliphatic carbocycles. The molecule has 1 aliphatic rings. The third kappa shape index (κ3) is 1.78. The number of aromatic nitrogens is 1. The van der Waals surface area contributed by atoms with Gasteiger partial charge in [-0.1, -0.05) is 36.4 Å². The molecule has 0 radical (unpaired) electrons. The summed E-state index contributed by atoms with van der Waals surface area (Å²) < 4.78 is 5.84. The van der Waals surface area contributed by atoms with Crippen molar-refractivity contribution in [1.29, 1.82) is 0 Å². The van der Waals surface area contributed by atoms with Crippen molar-refractivity contribution in [3.63, 3.8) is 0 Å². The van der Waals surface area contributed by atoms with Gasteiger partial charge in [0.1, 0.15) is 5.52 Å². The van der Waals surface area contributed by atoms with E-state index < -0.39 is 0 Å². The third-order valence-corrected chi connectivity index (χ3v) is 3.68. The summed E-state index contributed by atoms with van der Waals surface area (Å²) >= 11 is 0. The summed E-state index contributed by atoms with van der Waals surface area (Å²) in [5.41, 5.74) is 4.60. The predicted octanol–water partition coefficient (Wildman–Crippen LogP) is 3.39. The van der Waals surface area contributed by atoms with Gasteiger partial charge in [0.15, 0.2) is 5.58 Å². The van der Waals surface area contributed by atoms with Gasteiger partial charge in [-0.25, -0.2) is 0 Å². The molecule has 1 aromatic heterocycles. The molecular weight excluding hydrogens is 236 g/mol. The van der Waals surface area contributed by atoms with Crippen LogP contribution in [0.15, 0.2) is 52.9 Å². The molecule has 4 rings (SSSR count). The predicted molar refractivity (Wildman–Crippen MR) is 75.2 cm³/mol. The summed E-state index contributed by atoms with van der Waals surface area (Å²) in [7, 11) is 0. The molecule has 94 valence electrons. The van der Waals surface area contributed by atoms with E-state index in [0.717, 1.165) is 36.6 Å². The highest BCUT2D eigenvalue weighted by molar-refractivity contribution is 5.74. The first-order valence-electron chi connectivity index (χ1n) is 6.57. The molecule has 3 nitrogen and oxygen atoms in total. The topological polar surface area (TPSA) is 29.3 Å². The second kappa shape index (κ2) is 4.12. The van der Waals surface area contributed by atoms with Crippen molar-refractivity contribution >= 4 is 17.1 Å². The first-order chi connectivity index (χ1) is 9.40. The van der Waals surface area contributed by atoms with Crippen LogP contribution >= 0.6 is 0 Å². The molecule has 0 saturated heterocycles. The Bertz CT molecular complexity index is 699. The van der Waals surface area contributed by atoms with Crippen molar-refractivity contribution < 1.29 is 4.42 Å². The normalized spacial score (nSPS) is 14.6. The summed E-state index contributed by atoms with van der Waals surface area (Å²) in [4.78, 5) is 6.78. The molecule has 0 atom stereocenters. The van der Waals surface area contributed by atoms with Crippen LogP contribution in [0.3, 0.4) is 0 Å². The van der Waals surface area contributed by atoms with Gasteiger partial charge in [-0.3, -0.25) is 0 Å². The van der Waals surface area contributed by atoms with E-state index in [0.29, 0.717) is 0 Å². The maximum absolute atomic E-state index is 5.84. The molecule has 0 amide bonds. The van der Waals surface area contributed by atoms with Crippen LogP contribution in [0.4, 0.5) is 6.01 Å². The Kier molecular flexibility index (Phi) is 2.30. The van der Waals surface area contributed by atoms with E-state index in [1.165, 1.54) is 11.1 Å². The largest absolute Gasteiger partial charge is 0.423 e. The lowest BCUT2D eigenvalue weighted by Gasteiger charge is -2.27. The summed E-state index contributed by atoms with van der Waals surface area (Å²) in [6.45, 7) is 1.84. The number of anilines is 1. The van der Waals surface area contributed by atoms with Gasteiger partial charge in [0.2, 0.25) is 0 Å². The number of rotatable bonds is 1. The van der Waals surface area contributed by atoms with Gasteiger partial charge in [0.25, 0.3) is 6.01 Å². The van der Waals surface area contributed by atoms with Crippen LogP contribution in [-0.4, -0.2) is 11.5 Å². The lowest BCUT2D eigenvalue weighted by atomic mass is 10.0. The van der Waals surface area contributed by atoms with Gasteiger partial charge < -0.3 is 9.32 Å². The molecule has 0 fully saturated rings. The molecule has 2 heterocycles. The molecule has 0 saturated carbocycles. The second-order valence-corrected chi connectivity index (χ2v) is 4.90. The van der Waals surface area contributed by atoms with Gasteiger partial charge in [0.05, 0.1) is 0 Å². The van der Waals surface area contributed by atoms with Crippen LogP contribution in [0, 0.1) is 0 Å². The zero-order valence-electron chi connectivity index (χ0n) is 10.5. The minimum Gasteiger partial charge on any atom is -0.423 e. The van der Waals surface area contributed by atoms with Crippen LogP contribution in [-0.2, 0) is 13.0 Å². The average Bonchev–Trinajstić information content (AvgIpc) is 2.90. The average molecular weight is 250 g/mol. The standard InChI is InChI=1S/C16H14N2O/c1-2-6-13-11-18(10-9-12(13)5-1)16-17-14-7-3-4-8-15(14)19-16/h1-8H,9-11H2. The molecule has 2 aromatic carbocycles. The second-order valence-electron chi connectivity index (χ2n) is 4.90. The molecule has 1 aliphatic heterocycles. The Labute approximate surface area is 111 Å². The van der Waals surface area contributed by atoms with Crippen LogP contribution in [0.1, 0.15) is 11.1 Å². The number of oxazole rings is 1. The minimum atomic E-state index is 0.732. The zero-order chi connectivity index (χ0) is 12.7. The number of fused-ring (bicyclic) bond motifs is 2. The van der Waals surface area contributed by atoms with Crippen molar-refractivity contribution in [2.75, 3.05) is 11.4 Å². The first kappa shape index (κ1) is 10.6. The summed E-state index contributed by atoms with van der Waals surface area (Å²) in [5, 5.41) is 0. The van der Waals surface area contributed by atoms with E-state index in [1.807, 2.05) is 24.3 Å². The summed E-state index contributed by atoms with van der Waals surface area (Å²) in [6.07, 6.45) is 1.05. The highest BCUT2D eigenvalue weighted by Gasteiger charge is 2.19. The third-order valence-electron chi connectivity index (χ3n) is 3.68. The number of para-hydroxylation sites is 2. The first-order valence-corrected chi connectivity index (χ1v) is 6.57. The van der Waals surface area contributed by atoms with Crippen molar-refractivity contribution in [2.45, 2.75) is 13.0 Å². The fourth-order valence-corrected chi connectivity index (χ4v) is 2.65. The van der Waals surface area contributed by atoms with Crippen molar-refractivity contribution in [3.05, 3.63) is 59.7 Å². The molecule has 0 unspecified atom stereocenters. The number of benzene rings is 2. The van der Waals surface area contributed by atoms with E-state index >= 15 is 0 Å². The van der Waals surface area contributed by atoms with Gasteiger partial charge in [0, 0.05) is 13.1 Å². The van der Waals surface area contributed by atoms with Crippen molar-refractivity contribution in [3.8, 4) is 0 Å². The Morgan fingerprint density at radius 1 is 0.947 bits per heavy atom. The number of hydrogen-bond donors (Lipinski definition) is 0. The van der Waals surface area contributed by atoms with Crippen LogP contribution in [0.5, 0.6) is 0 Å². The maximum Gasteiger partial charge on any atom is 0.298 e. The smallest absolute Gasteiger partial charge is 0.298 e. The highest BCUT2D eigenvalue weighted by atomic mass is 16.4. The highest BCUT2D eigenvalue weighted by Crippen LogP contribution is 2.26. The molecule has 0 N–H and O–H groups in total. The molecule has 19 heavy (non-hydrogen) atoms.